The van der Waals surface area contributed by atoms with E-state index in [-0.39, 0.29) is 11.2 Å². The minimum absolute atomic E-state index is 0.0732. The molecule has 0 amide bonds. The number of ether oxygens (including phenoxy) is 2. The molecule has 0 fully saturated rings. The highest BCUT2D eigenvalue weighted by molar-refractivity contribution is 7.99. The lowest BCUT2D eigenvalue weighted by Gasteiger charge is -2.12. The van der Waals surface area contributed by atoms with E-state index in [1.54, 1.807) is 42.3 Å². The number of thiophene rings is 1. The molecule has 4 aromatic rings. The number of hydrogen-bond donors (Lipinski definition) is 1. The molecule has 0 radical (unpaired) electrons. The monoisotopic (exact) mass is 509 g/mol. The summed E-state index contributed by atoms with van der Waals surface area (Å²) in [5, 5.41) is 11.5. The number of nitro benzene ring substituents is 1. The van der Waals surface area contributed by atoms with Crippen LogP contribution < -0.4 is 15.0 Å². The summed E-state index contributed by atoms with van der Waals surface area (Å²) in [6.45, 7) is 0.430. The summed E-state index contributed by atoms with van der Waals surface area (Å²) < 4.78 is 11.4. The zero-order chi connectivity index (χ0) is 24.4. The maximum Gasteiger partial charge on any atom is 0.269 e. The number of aryl methyl sites for hydroxylation is 2. The lowest BCUT2D eigenvalue weighted by atomic mass is 9.97. The Morgan fingerprint density at radius 2 is 1.94 bits per heavy atom. The van der Waals surface area contributed by atoms with Gasteiger partial charge in [0.2, 0.25) is 0 Å². The molecule has 10 heteroatoms. The SMILES string of the molecule is COc1cc(-c2nc3sc4c(c3c(=O)[nH]2)CCCC4)ccc1OCCSc1ccc([N+](=O)[O-])cc1. The number of thioether (sulfide) groups is 1. The Morgan fingerprint density at radius 1 is 1.14 bits per heavy atom. The van der Waals surface area contributed by atoms with Crippen molar-refractivity contribution in [3.05, 3.63) is 73.4 Å². The van der Waals surface area contributed by atoms with Crippen molar-refractivity contribution in [3.8, 4) is 22.9 Å². The topological polar surface area (TPSA) is 107 Å². The average Bonchev–Trinajstić information content (AvgIpc) is 3.26. The van der Waals surface area contributed by atoms with Crippen LogP contribution in [0, 0.1) is 10.1 Å². The summed E-state index contributed by atoms with van der Waals surface area (Å²) in [6, 6.07) is 11.9. The van der Waals surface area contributed by atoms with E-state index < -0.39 is 4.92 Å². The molecule has 180 valence electrons. The molecule has 0 atom stereocenters. The predicted molar refractivity (Wildman–Crippen MR) is 138 cm³/mol. The third-order valence-electron chi connectivity index (χ3n) is 5.92. The summed E-state index contributed by atoms with van der Waals surface area (Å²) in [7, 11) is 1.57. The maximum atomic E-state index is 12.9. The molecule has 1 N–H and O–H groups in total. The molecule has 8 nitrogen and oxygen atoms in total. The second kappa shape index (κ2) is 10.1. The lowest BCUT2D eigenvalue weighted by Crippen LogP contribution is -2.11. The first-order valence-electron chi connectivity index (χ1n) is 11.3. The molecule has 0 saturated heterocycles. The summed E-state index contributed by atoms with van der Waals surface area (Å²) in [4.78, 5) is 34.0. The molecule has 1 aliphatic carbocycles. The lowest BCUT2D eigenvalue weighted by molar-refractivity contribution is -0.384. The number of aromatic nitrogens is 2. The fourth-order valence-electron chi connectivity index (χ4n) is 4.21. The van der Waals surface area contributed by atoms with Crippen LogP contribution in [-0.4, -0.2) is 34.4 Å². The number of methoxy groups -OCH3 is 1. The van der Waals surface area contributed by atoms with Gasteiger partial charge in [-0.3, -0.25) is 14.9 Å². The predicted octanol–water partition coefficient (Wildman–Crippen LogP) is 5.62. The van der Waals surface area contributed by atoms with Crippen LogP contribution in [0.3, 0.4) is 0 Å². The van der Waals surface area contributed by atoms with E-state index in [2.05, 4.69) is 4.98 Å². The van der Waals surface area contributed by atoms with E-state index in [0.717, 1.165) is 46.4 Å². The number of aromatic amines is 1. The van der Waals surface area contributed by atoms with Crippen LogP contribution in [0.5, 0.6) is 11.5 Å². The first-order chi connectivity index (χ1) is 17.0. The molecule has 2 heterocycles. The minimum atomic E-state index is -0.412. The normalized spacial score (nSPS) is 12.9. The van der Waals surface area contributed by atoms with E-state index in [1.807, 2.05) is 18.2 Å². The molecule has 35 heavy (non-hydrogen) atoms. The molecule has 2 aromatic carbocycles. The molecule has 0 unspecified atom stereocenters. The van der Waals surface area contributed by atoms with Gasteiger partial charge in [-0.2, -0.15) is 0 Å². The van der Waals surface area contributed by atoms with Gasteiger partial charge >= 0.3 is 0 Å². The van der Waals surface area contributed by atoms with Crippen LogP contribution in [0.25, 0.3) is 21.6 Å². The Bertz CT molecular complexity index is 1450. The summed E-state index contributed by atoms with van der Waals surface area (Å²) in [5.74, 6) is 2.32. The molecule has 0 saturated carbocycles. The van der Waals surface area contributed by atoms with Gasteiger partial charge in [0, 0.05) is 33.2 Å². The van der Waals surface area contributed by atoms with Gasteiger partial charge in [0.15, 0.2) is 11.5 Å². The smallest absolute Gasteiger partial charge is 0.269 e. The third-order valence-corrected chi connectivity index (χ3v) is 8.08. The molecule has 2 aromatic heterocycles. The highest BCUT2D eigenvalue weighted by Gasteiger charge is 2.20. The fourth-order valence-corrected chi connectivity index (χ4v) is 6.20. The summed E-state index contributed by atoms with van der Waals surface area (Å²) in [5.41, 5.74) is 1.90. The number of rotatable bonds is 8. The van der Waals surface area contributed by atoms with Gasteiger partial charge in [-0.25, -0.2) is 4.98 Å². The Balaban J connectivity index is 1.29. The number of benzene rings is 2. The van der Waals surface area contributed by atoms with E-state index in [0.29, 0.717) is 29.7 Å². The quantitative estimate of drug-likeness (QED) is 0.142. The van der Waals surface area contributed by atoms with Crippen molar-refractivity contribution in [3.63, 3.8) is 0 Å². The first-order valence-corrected chi connectivity index (χ1v) is 13.1. The van der Waals surface area contributed by atoms with Crippen LogP contribution >= 0.6 is 23.1 Å². The van der Waals surface area contributed by atoms with Gasteiger partial charge in [0.1, 0.15) is 10.7 Å². The van der Waals surface area contributed by atoms with Crippen LogP contribution in [0.1, 0.15) is 23.3 Å². The van der Waals surface area contributed by atoms with Crippen molar-refractivity contribution < 1.29 is 14.4 Å². The molecule has 0 bridgehead atoms. The van der Waals surface area contributed by atoms with Crippen LogP contribution in [0.15, 0.2) is 52.2 Å². The van der Waals surface area contributed by atoms with Crippen molar-refractivity contribution in [1.82, 2.24) is 9.97 Å². The Hall–Kier alpha value is -3.37. The largest absolute Gasteiger partial charge is 0.493 e. The van der Waals surface area contributed by atoms with Crippen molar-refractivity contribution in [2.75, 3.05) is 19.5 Å². The van der Waals surface area contributed by atoms with Crippen molar-refractivity contribution in [1.29, 1.82) is 0 Å². The molecular weight excluding hydrogens is 486 g/mol. The number of fused-ring (bicyclic) bond motifs is 3. The molecular formula is C25H23N3O5S2. The van der Waals surface area contributed by atoms with Crippen LogP contribution in [0.4, 0.5) is 5.69 Å². The number of nitrogens with one attached hydrogen (secondary N) is 1. The number of nitro groups is 1. The highest BCUT2D eigenvalue weighted by atomic mass is 32.2. The van der Waals surface area contributed by atoms with E-state index in [1.165, 1.54) is 22.6 Å². The average molecular weight is 510 g/mol. The fraction of sp³-hybridized carbons (Fsp3) is 0.280. The van der Waals surface area contributed by atoms with Crippen molar-refractivity contribution >= 4 is 39.0 Å². The van der Waals surface area contributed by atoms with E-state index in [4.69, 9.17) is 14.5 Å². The summed E-state index contributed by atoms with van der Waals surface area (Å²) in [6.07, 6.45) is 4.25. The maximum absolute atomic E-state index is 12.9. The first kappa shape index (κ1) is 23.4. The van der Waals surface area contributed by atoms with Gasteiger partial charge in [0.05, 0.1) is 24.0 Å². The Kier molecular flexibility index (Phi) is 6.74. The highest BCUT2D eigenvalue weighted by Crippen LogP contribution is 2.36. The van der Waals surface area contributed by atoms with Crippen LogP contribution in [-0.2, 0) is 12.8 Å². The zero-order valence-corrected chi connectivity index (χ0v) is 20.7. The molecule has 5 rings (SSSR count). The van der Waals surface area contributed by atoms with Gasteiger partial charge < -0.3 is 14.5 Å². The third kappa shape index (κ3) is 4.89. The Morgan fingerprint density at radius 3 is 2.71 bits per heavy atom. The van der Waals surface area contributed by atoms with Gasteiger partial charge in [-0.15, -0.1) is 23.1 Å². The number of non-ortho nitro benzene ring substituents is 1. The second-order valence-electron chi connectivity index (χ2n) is 8.12. The summed E-state index contributed by atoms with van der Waals surface area (Å²) >= 11 is 3.18. The standard InChI is InChI=1S/C25H23N3O5S2/c1-32-20-14-15(23-26-24(29)22-18-4-2-3-5-21(18)35-25(22)27-23)6-11-19(20)33-12-13-34-17-9-7-16(8-10-17)28(30)31/h6-11,14H,2-5,12-13H2,1H3,(H,26,27,29). The van der Waals surface area contributed by atoms with Crippen molar-refractivity contribution in [2.24, 2.45) is 0 Å². The van der Waals surface area contributed by atoms with Crippen LogP contribution in [0.2, 0.25) is 0 Å². The number of nitrogens with zero attached hydrogens (tertiary/aromatic N) is 2. The molecule has 1 aliphatic rings. The van der Waals surface area contributed by atoms with Gasteiger partial charge in [-0.1, -0.05) is 0 Å². The van der Waals surface area contributed by atoms with Gasteiger partial charge in [-0.05, 0) is 61.6 Å². The number of hydrogen-bond acceptors (Lipinski definition) is 8. The zero-order valence-electron chi connectivity index (χ0n) is 19.0. The van der Waals surface area contributed by atoms with Gasteiger partial charge in [0.25, 0.3) is 11.2 Å². The van der Waals surface area contributed by atoms with E-state index >= 15 is 0 Å². The number of H-pyrrole nitrogens is 1. The van der Waals surface area contributed by atoms with Crippen molar-refractivity contribution in [2.45, 2.75) is 30.6 Å². The Labute approximate surface area is 209 Å². The minimum Gasteiger partial charge on any atom is -0.493 e. The molecule has 0 spiro atoms. The van der Waals surface area contributed by atoms with E-state index in [9.17, 15) is 14.9 Å². The second-order valence-corrected chi connectivity index (χ2v) is 10.4. The molecule has 0 aliphatic heterocycles.